The molecule has 6 nitrogen and oxygen atoms in total. The predicted octanol–water partition coefficient (Wildman–Crippen LogP) is 2.78. The van der Waals surface area contributed by atoms with Crippen LogP contribution in [0.5, 0.6) is 0 Å². The van der Waals surface area contributed by atoms with Gasteiger partial charge in [-0.2, -0.15) is 0 Å². The highest BCUT2D eigenvalue weighted by Crippen LogP contribution is 2.18. The van der Waals surface area contributed by atoms with E-state index >= 15 is 0 Å². The first kappa shape index (κ1) is 23.7. The highest BCUT2D eigenvalue weighted by molar-refractivity contribution is 5.82. The molecule has 178 valence electrons. The smallest absolute Gasteiger partial charge is 0.240 e. The average molecular weight is 451 g/mol. The van der Waals surface area contributed by atoms with Crippen molar-refractivity contribution in [1.82, 2.24) is 15.1 Å². The zero-order chi connectivity index (χ0) is 23.0. The summed E-state index contributed by atoms with van der Waals surface area (Å²) in [5.74, 6) is 0.223. The van der Waals surface area contributed by atoms with Gasteiger partial charge in [0.25, 0.3) is 0 Å². The number of morpholine rings is 1. The minimum atomic E-state index is -0.220. The number of nitrogens with zero attached hydrogens (tertiary/aromatic N) is 3. The van der Waals surface area contributed by atoms with Crippen molar-refractivity contribution in [1.29, 1.82) is 0 Å². The Morgan fingerprint density at radius 2 is 1.64 bits per heavy atom. The number of likely N-dealkylation sites (tertiary alicyclic amines) is 1. The molecule has 2 fully saturated rings. The molecule has 1 amide bonds. The summed E-state index contributed by atoms with van der Waals surface area (Å²) in [4.78, 5) is 20.2. The molecule has 6 heteroatoms. The van der Waals surface area contributed by atoms with Crippen molar-refractivity contribution in [2.75, 3.05) is 58.4 Å². The van der Waals surface area contributed by atoms with Crippen LogP contribution in [0.3, 0.4) is 0 Å². The van der Waals surface area contributed by atoms with Crippen molar-refractivity contribution in [3.05, 3.63) is 65.7 Å². The maximum absolute atomic E-state index is 13.5. The van der Waals surface area contributed by atoms with Crippen LogP contribution < -0.4 is 10.2 Å². The number of rotatable bonds is 8. The lowest BCUT2D eigenvalue weighted by Crippen LogP contribution is -2.52. The Morgan fingerprint density at radius 3 is 2.27 bits per heavy atom. The maximum Gasteiger partial charge on any atom is 0.240 e. The van der Waals surface area contributed by atoms with Gasteiger partial charge in [-0.3, -0.25) is 4.79 Å². The molecule has 0 aliphatic carbocycles. The third-order valence-corrected chi connectivity index (χ3v) is 6.95. The highest BCUT2D eigenvalue weighted by Gasteiger charge is 2.29. The van der Waals surface area contributed by atoms with Gasteiger partial charge in [0, 0.05) is 44.5 Å². The Hall–Kier alpha value is -2.41. The molecule has 2 saturated heterocycles. The summed E-state index contributed by atoms with van der Waals surface area (Å²) in [6, 6.07) is 19.4. The van der Waals surface area contributed by atoms with Crippen LogP contribution in [0.4, 0.5) is 5.69 Å². The quantitative estimate of drug-likeness (QED) is 0.670. The van der Waals surface area contributed by atoms with E-state index in [4.69, 9.17) is 4.74 Å². The number of hydrogen-bond acceptors (Lipinski definition) is 5. The van der Waals surface area contributed by atoms with E-state index in [1.54, 1.807) is 0 Å². The third-order valence-electron chi connectivity index (χ3n) is 6.95. The molecule has 0 unspecified atom stereocenters. The van der Waals surface area contributed by atoms with E-state index in [-0.39, 0.29) is 11.9 Å². The number of carbonyl (C=O) groups excluding carboxylic acids is 1. The number of benzene rings is 2. The Morgan fingerprint density at radius 1 is 0.970 bits per heavy atom. The molecule has 2 aliphatic heterocycles. The number of carbonyl (C=O) groups is 1. The maximum atomic E-state index is 13.5. The van der Waals surface area contributed by atoms with E-state index in [0.717, 1.165) is 52.2 Å². The summed E-state index contributed by atoms with van der Waals surface area (Å²) in [5, 5.41) is 3.58. The van der Waals surface area contributed by atoms with E-state index in [1.165, 1.54) is 16.8 Å². The summed E-state index contributed by atoms with van der Waals surface area (Å²) in [6.07, 6.45) is 2.79. The molecule has 4 rings (SSSR count). The summed E-state index contributed by atoms with van der Waals surface area (Å²) >= 11 is 0. The van der Waals surface area contributed by atoms with Gasteiger partial charge in [0.05, 0.1) is 19.3 Å². The first-order valence-corrected chi connectivity index (χ1v) is 12.2. The Kier molecular flexibility index (Phi) is 8.37. The molecule has 0 bridgehead atoms. The van der Waals surface area contributed by atoms with Gasteiger partial charge in [-0.25, -0.2) is 0 Å². The molecule has 0 aromatic heterocycles. The van der Waals surface area contributed by atoms with Crippen LogP contribution >= 0.6 is 0 Å². The molecular weight excluding hydrogens is 412 g/mol. The van der Waals surface area contributed by atoms with Crippen molar-refractivity contribution in [2.45, 2.75) is 37.9 Å². The minimum Gasteiger partial charge on any atom is -0.378 e. The van der Waals surface area contributed by atoms with Gasteiger partial charge in [0.2, 0.25) is 5.91 Å². The van der Waals surface area contributed by atoms with Crippen LogP contribution in [-0.2, 0) is 22.5 Å². The number of nitrogens with one attached hydrogen (secondary N) is 1. The first-order valence-electron chi connectivity index (χ1n) is 12.2. The molecule has 0 radical (unpaired) electrons. The van der Waals surface area contributed by atoms with Crippen molar-refractivity contribution in [3.63, 3.8) is 0 Å². The number of anilines is 1. The van der Waals surface area contributed by atoms with E-state index in [1.807, 2.05) is 18.2 Å². The molecule has 1 atom stereocenters. The number of ether oxygens (including phenoxy) is 1. The molecule has 2 aromatic carbocycles. The van der Waals surface area contributed by atoms with Crippen molar-refractivity contribution in [3.8, 4) is 0 Å². The first-order chi connectivity index (χ1) is 16.1. The Labute approximate surface area is 198 Å². The van der Waals surface area contributed by atoms with E-state index in [9.17, 15) is 4.79 Å². The molecule has 2 aliphatic rings. The standard InChI is InChI=1S/C27H38N4O2/c1-29(2)24-12-14-31(15-13-24)27(32)26(20-22-6-4-3-5-7-22)28-21-23-8-10-25(11-9-23)30-16-18-33-19-17-30/h3-11,24,26,28H,12-21H2,1-2H3/t26-/m0/s1. The van der Waals surface area contributed by atoms with Gasteiger partial charge in [0.15, 0.2) is 0 Å². The molecule has 0 spiro atoms. The van der Waals surface area contributed by atoms with Crippen LogP contribution in [-0.4, -0.2) is 81.3 Å². The zero-order valence-corrected chi connectivity index (χ0v) is 20.1. The second-order valence-electron chi connectivity index (χ2n) is 9.41. The fourth-order valence-corrected chi connectivity index (χ4v) is 4.81. The van der Waals surface area contributed by atoms with Crippen LogP contribution in [0, 0.1) is 0 Å². The minimum absolute atomic E-state index is 0.220. The number of piperidine rings is 1. The van der Waals surface area contributed by atoms with Crippen molar-refractivity contribution in [2.24, 2.45) is 0 Å². The number of hydrogen-bond donors (Lipinski definition) is 1. The summed E-state index contributed by atoms with van der Waals surface area (Å²) in [5.41, 5.74) is 3.63. The number of amides is 1. The van der Waals surface area contributed by atoms with Crippen LogP contribution in [0.25, 0.3) is 0 Å². The van der Waals surface area contributed by atoms with Gasteiger partial charge in [0.1, 0.15) is 0 Å². The van der Waals surface area contributed by atoms with Crippen LogP contribution in [0.1, 0.15) is 24.0 Å². The van der Waals surface area contributed by atoms with Gasteiger partial charge >= 0.3 is 0 Å². The van der Waals surface area contributed by atoms with E-state index in [0.29, 0.717) is 19.0 Å². The second kappa shape index (κ2) is 11.6. The Bertz CT molecular complexity index is 857. The van der Waals surface area contributed by atoms with Gasteiger partial charge in [-0.15, -0.1) is 0 Å². The summed E-state index contributed by atoms with van der Waals surface area (Å²) in [7, 11) is 4.26. The molecule has 2 aromatic rings. The monoisotopic (exact) mass is 450 g/mol. The molecule has 33 heavy (non-hydrogen) atoms. The Balaban J connectivity index is 1.39. The van der Waals surface area contributed by atoms with Crippen molar-refractivity contribution < 1.29 is 9.53 Å². The summed E-state index contributed by atoms with van der Waals surface area (Å²) < 4.78 is 5.46. The normalized spacial score (nSPS) is 18.5. The molecule has 2 heterocycles. The fraction of sp³-hybridized carbons (Fsp3) is 0.519. The highest BCUT2D eigenvalue weighted by atomic mass is 16.5. The molecule has 1 N–H and O–H groups in total. The second-order valence-corrected chi connectivity index (χ2v) is 9.41. The van der Waals surface area contributed by atoms with Gasteiger partial charge in [-0.1, -0.05) is 42.5 Å². The largest absolute Gasteiger partial charge is 0.378 e. The molecular formula is C27H38N4O2. The van der Waals surface area contributed by atoms with Gasteiger partial charge in [-0.05, 0) is 56.6 Å². The summed E-state index contributed by atoms with van der Waals surface area (Å²) in [6.45, 7) is 5.81. The lowest BCUT2D eigenvalue weighted by Gasteiger charge is -2.37. The fourth-order valence-electron chi connectivity index (χ4n) is 4.81. The third kappa shape index (κ3) is 6.56. The van der Waals surface area contributed by atoms with Gasteiger partial charge < -0.3 is 24.8 Å². The lowest BCUT2D eigenvalue weighted by molar-refractivity contribution is -0.135. The SMILES string of the molecule is CN(C)C1CCN(C(=O)[C@H](Cc2ccccc2)NCc2ccc(N3CCOCC3)cc2)CC1. The van der Waals surface area contributed by atoms with Crippen LogP contribution in [0.15, 0.2) is 54.6 Å². The zero-order valence-electron chi connectivity index (χ0n) is 20.1. The lowest BCUT2D eigenvalue weighted by atomic mass is 10.0. The van der Waals surface area contributed by atoms with E-state index in [2.05, 4.69) is 70.5 Å². The van der Waals surface area contributed by atoms with Crippen LogP contribution in [0.2, 0.25) is 0 Å². The average Bonchev–Trinajstić information content (AvgIpc) is 2.87. The molecule has 0 saturated carbocycles. The van der Waals surface area contributed by atoms with E-state index < -0.39 is 0 Å². The topological polar surface area (TPSA) is 48.0 Å². The van der Waals surface area contributed by atoms with Crippen molar-refractivity contribution >= 4 is 11.6 Å². The predicted molar refractivity (Wildman–Crippen MR) is 134 cm³/mol.